The van der Waals surface area contributed by atoms with E-state index in [0.29, 0.717) is 24.5 Å². The molecule has 2 unspecified atom stereocenters. The SMILES string of the molecule is CCc1ccc(CC)c(S(=O)(=O)N(CC2CO2)C(C)c2ccccc2)c1. The topological polar surface area (TPSA) is 49.9 Å². The Kier molecular flexibility index (Phi) is 5.80. The number of rotatable bonds is 8. The second-order valence-corrected chi connectivity index (χ2v) is 8.62. The third kappa shape index (κ3) is 4.00. The third-order valence-electron chi connectivity index (χ3n) is 5.01. The monoisotopic (exact) mass is 373 g/mol. The lowest BCUT2D eigenvalue weighted by atomic mass is 10.1. The molecule has 0 N–H and O–H groups in total. The van der Waals surface area contributed by atoms with Gasteiger partial charge in [-0.05, 0) is 42.5 Å². The molecule has 1 aliphatic rings. The van der Waals surface area contributed by atoms with Crippen molar-refractivity contribution >= 4 is 10.0 Å². The summed E-state index contributed by atoms with van der Waals surface area (Å²) in [6, 6.07) is 15.3. The molecular formula is C21H27NO3S. The standard InChI is InChI=1S/C21H27NO3S/c1-4-17-11-12-18(5-2)21(13-17)26(23,24)22(14-20-15-25-20)16(3)19-9-7-6-8-10-19/h6-13,16,20H,4-5,14-15H2,1-3H3. The maximum Gasteiger partial charge on any atom is 0.243 e. The fourth-order valence-corrected chi connectivity index (χ4v) is 5.21. The Morgan fingerprint density at radius 1 is 1.12 bits per heavy atom. The summed E-state index contributed by atoms with van der Waals surface area (Å²) in [6.45, 7) is 7.00. The second kappa shape index (κ2) is 7.91. The Balaban J connectivity index is 2.05. The van der Waals surface area contributed by atoms with Gasteiger partial charge in [-0.15, -0.1) is 0 Å². The van der Waals surface area contributed by atoms with Crippen LogP contribution in [0.5, 0.6) is 0 Å². The lowest BCUT2D eigenvalue weighted by Gasteiger charge is -2.29. The van der Waals surface area contributed by atoms with Crippen LogP contribution in [0.15, 0.2) is 53.4 Å². The van der Waals surface area contributed by atoms with Gasteiger partial charge in [-0.1, -0.05) is 56.3 Å². The Labute approximate surface area is 156 Å². The molecule has 2 aromatic carbocycles. The summed E-state index contributed by atoms with van der Waals surface area (Å²) in [5.41, 5.74) is 2.89. The number of ether oxygens (including phenoxy) is 1. The molecule has 5 heteroatoms. The van der Waals surface area contributed by atoms with E-state index < -0.39 is 10.0 Å². The lowest BCUT2D eigenvalue weighted by Crippen LogP contribution is -2.37. The van der Waals surface area contributed by atoms with E-state index in [-0.39, 0.29) is 12.1 Å². The molecule has 2 aromatic rings. The number of hydrogen-bond acceptors (Lipinski definition) is 3. The number of epoxide rings is 1. The zero-order valence-corrected chi connectivity index (χ0v) is 16.5. The van der Waals surface area contributed by atoms with Crippen molar-refractivity contribution in [2.45, 2.75) is 50.7 Å². The van der Waals surface area contributed by atoms with Gasteiger partial charge >= 0.3 is 0 Å². The number of hydrogen-bond donors (Lipinski definition) is 0. The van der Waals surface area contributed by atoms with Crippen LogP contribution in [0.2, 0.25) is 0 Å². The highest BCUT2D eigenvalue weighted by molar-refractivity contribution is 7.89. The number of nitrogens with zero attached hydrogens (tertiary/aromatic N) is 1. The van der Waals surface area contributed by atoms with E-state index in [1.807, 2.05) is 69.3 Å². The normalized spacial score (nSPS) is 18.1. The van der Waals surface area contributed by atoms with Crippen molar-refractivity contribution in [1.29, 1.82) is 0 Å². The molecule has 1 fully saturated rings. The average Bonchev–Trinajstić information content (AvgIpc) is 3.50. The maximum absolute atomic E-state index is 13.6. The predicted molar refractivity (Wildman–Crippen MR) is 104 cm³/mol. The highest BCUT2D eigenvalue weighted by Gasteiger charge is 2.37. The summed E-state index contributed by atoms with van der Waals surface area (Å²) in [5.74, 6) is 0. The smallest absolute Gasteiger partial charge is 0.243 e. The number of benzene rings is 2. The van der Waals surface area contributed by atoms with Crippen molar-refractivity contribution in [1.82, 2.24) is 4.31 Å². The molecule has 4 nitrogen and oxygen atoms in total. The molecule has 0 aliphatic carbocycles. The van der Waals surface area contributed by atoms with Crippen LogP contribution in [0.4, 0.5) is 0 Å². The first kappa shape index (κ1) is 19.1. The zero-order valence-electron chi connectivity index (χ0n) is 15.7. The van der Waals surface area contributed by atoms with Crippen LogP contribution >= 0.6 is 0 Å². The molecule has 1 heterocycles. The van der Waals surface area contributed by atoms with E-state index in [0.717, 1.165) is 23.1 Å². The summed E-state index contributed by atoms with van der Waals surface area (Å²) in [6.07, 6.45) is 1.49. The van der Waals surface area contributed by atoms with Crippen LogP contribution in [-0.4, -0.2) is 32.0 Å². The van der Waals surface area contributed by atoms with Crippen LogP contribution in [-0.2, 0) is 27.6 Å². The van der Waals surface area contributed by atoms with Crippen LogP contribution in [0.1, 0.15) is 43.5 Å². The molecule has 1 aliphatic heterocycles. The summed E-state index contributed by atoms with van der Waals surface area (Å²) in [5, 5.41) is 0. The van der Waals surface area contributed by atoms with Gasteiger partial charge in [-0.3, -0.25) is 0 Å². The Hall–Kier alpha value is -1.69. The van der Waals surface area contributed by atoms with Crippen molar-refractivity contribution in [3.63, 3.8) is 0 Å². The van der Waals surface area contributed by atoms with Gasteiger partial charge in [0.05, 0.1) is 17.6 Å². The lowest BCUT2D eigenvalue weighted by molar-refractivity contribution is 0.295. The number of sulfonamides is 1. The molecule has 0 bridgehead atoms. The van der Waals surface area contributed by atoms with Gasteiger partial charge in [0.1, 0.15) is 0 Å². The van der Waals surface area contributed by atoms with E-state index in [4.69, 9.17) is 4.74 Å². The van der Waals surface area contributed by atoms with E-state index in [1.54, 1.807) is 4.31 Å². The molecule has 1 saturated heterocycles. The molecule has 0 amide bonds. The molecule has 2 atom stereocenters. The largest absolute Gasteiger partial charge is 0.372 e. The minimum atomic E-state index is -3.63. The molecule has 0 spiro atoms. The maximum atomic E-state index is 13.6. The first-order valence-corrected chi connectivity index (χ1v) is 10.7. The van der Waals surface area contributed by atoms with Crippen LogP contribution in [0, 0.1) is 0 Å². The van der Waals surface area contributed by atoms with E-state index in [1.165, 1.54) is 0 Å². The van der Waals surface area contributed by atoms with E-state index in [9.17, 15) is 8.42 Å². The van der Waals surface area contributed by atoms with Crippen molar-refractivity contribution in [2.24, 2.45) is 0 Å². The Morgan fingerprint density at radius 3 is 2.38 bits per heavy atom. The Morgan fingerprint density at radius 2 is 1.81 bits per heavy atom. The molecule has 26 heavy (non-hydrogen) atoms. The first-order chi connectivity index (χ1) is 12.5. The van der Waals surface area contributed by atoms with Crippen molar-refractivity contribution in [3.8, 4) is 0 Å². The minimum absolute atomic E-state index is 0.00429. The van der Waals surface area contributed by atoms with Crippen molar-refractivity contribution in [3.05, 3.63) is 65.2 Å². The predicted octanol–water partition coefficient (Wildman–Crippen LogP) is 3.96. The van der Waals surface area contributed by atoms with Gasteiger partial charge in [0.2, 0.25) is 10.0 Å². The van der Waals surface area contributed by atoms with Gasteiger partial charge in [0.25, 0.3) is 0 Å². The fraction of sp³-hybridized carbons (Fsp3) is 0.429. The molecule has 0 radical (unpaired) electrons. The van der Waals surface area contributed by atoms with Gasteiger partial charge in [0, 0.05) is 12.6 Å². The molecule has 0 saturated carbocycles. The van der Waals surface area contributed by atoms with E-state index >= 15 is 0 Å². The molecule has 140 valence electrons. The average molecular weight is 374 g/mol. The minimum Gasteiger partial charge on any atom is -0.372 e. The van der Waals surface area contributed by atoms with Crippen LogP contribution in [0.3, 0.4) is 0 Å². The van der Waals surface area contributed by atoms with Gasteiger partial charge in [-0.25, -0.2) is 8.42 Å². The van der Waals surface area contributed by atoms with Gasteiger partial charge in [-0.2, -0.15) is 4.31 Å². The Bertz CT molecular complexity index is 845. The van der Waals surface area contributed by atoms with Crippen molar-refractivity contribution in [2.75, 3.05) is 13.2 Å². The molecule has 3 rings (SSSR count). The number of aryl methyl sites for hydroxylation is 2. The summed E-state index contributed by atoms with van der Waals surface area (Å²) >= 11 is 0. The highest BCUT2D eigenvalue weighted by Crippen LogP contribution is 2.32. The van der Waals surface area contributed by atoms with Gasteiger partial charge < -0.3 is 4.74 Å². The molecular weight excluding hydrogens is 346 g/mol. The van der Waals surface area contributed by atoms with E-state index in [2.05, 4.69) is 0 Å². The van der Waals surface area contributed by atoms with Crippen LogP contribution < -0.4 is 0 Å². The fourth-order valence-electron chi connectivity index (χ4n) is 3.21. The van der Waals surface area contributed by atoms with Gasteiger partial charge in [0.15, 0.2) is 0 Å². The highest BCUT2D eigenvalue weighted by atomic mass is 32.2. The summed E-state index contributed by atoms with van der Waals surface area (Å²) in [4.78, 5) is 0.433. The van der Waals surface area contributed by atoms with Crippen LogP contribution in [0.25, 0.3) is 0 Å². The quantitative estimate of drug-likeness (QED) is 0.658. The summed E-state index contributed by atoms with van der Waals surface area (Å²) in [7, 11) is -3.63. The summed E-state index contributed by atoms with van der Waals surface area (Å²) < 4.78 is 34.2. The zero-order chi connectivity index (χ0) is 18.7. The third-order valence-corrected chi connectivity index (χ3v) is 7.03. The second-order valence-electron chi connectivity index (χ2n) is 6.77. The first-order valence-electron chi connectivity index (χ1n) is 9.27. The van der Waals surface area contributed by atoms with Crippen molar-refractivity contribution < 1.29 is 13.2 Å². The molecule has 0 aromatic heterocycles.